The number of carbonyl (C=O) groups excluding carboxylic acids is 1. The summed E-state index contributed by atoms with van der Waals surface area (Å²) in [5, 5.41) is 0. The Morgan fingerprint density at radius 2 is 0.386 bits per heavy atom. The van der Waals surface area contributed by atoms with Crippen molar-refractivity contribution >= 4 is 62.2 Å². The summed E-state index contributed by atoms with van der Waals surface area (Å²) in [7, 11) is 0. The summed E-state index contributed by atoms with van der Waals surface area (Å²) in [5.41, 5.74) is 0. The van der Waals surface area contributed by atoms with Gasteiger partial charge in [-0.25, -0.2) is 0 Å². The van der Waals surface area contributed by atoms with Crippen LogP contribution in [-0.2, 0) is 24.3 Å². The fourth-order valence-corrected chi connectivity index (χ4v) is 14.0. The van der Waals surface area contributed by atoms with Gasteiger partial charge in [0.15, 0.2) is 0 Å². The summed E-state index contributed by atoms with van der Waals surface area (Å²) < 4.78 is 8.87. The molecule has 0 saturated carbocycles. The van der Waals surface area contributed by atoms with E-state index in [1.165, 1.54) is 26.1 Å². The Bertz CT molecular complexity index is 1210. The summed E-state index contributed by atoms with van der Waals surface area (Å²) >= 11 is -2.78. The summed E-state index contributed by atoms with van der Waals surface area (Å²) in [6.45, 7) is 4.50. The average Bonchev–Trinajstić information content (AvgIpc) is 3.06. The van der Waals surface area contributed by atoms with Gasteiger partial charge >= 0.3 is 257 Å². The van der Waals surface area contributed by atoms with Crippen molar-refractivity contribution in [3.05, 3.63) is 182 Å². The second-order valence-electron chi connectivity index (χ2n) is 8.68. The molecule has 44 heavy (non-hydrogen) atoms. The van der Waals surface area contributed by atoms with Crippen molar-refractivity contribution in [2.24, 2.45) is 0 Å². The molecule has 6 aromatic rings. The number of hydrogen-bond acceptors (Lipinski definition) is 1. The van der Waals surface area contributed by atoms with Gasteiger partial charge < -0.3 is 37.2 Å². The molecular formula is C37H30As2Cl3ORh. The fourth-order valence-electron chi connectivity index (χ4n) is 4.36. The molecule has 0 aliphatic rings. The number of benzene rings is 6. The van der Waals surface area contributed by atoms with Crippen molar-refractivity contribution in [3.63, 3.8) is 0 Å². The second kappa shape index (κ2) is 23.9. The van der Waals surface area contributed by atoms with Gasteiger partial charge in [-0.2, -0.15) is 0 Å². The van der Waals surface area contributed by atoms with E-state index < -0.39 is 29.3 Å². The van der Waals surface area contributed by atoms with E-state index in [9.17, 15) is 0 Å². The van der Waals surface area contributed by atoms with Crippen molar-refractivity contribution in [2.45, 2.75) is 0 Å². The van der Waals surface area contributed by atoms with Crippen molar-refractivity contribution in [2.75, 3.05) is 0 Å². The van der Waals surface area contributed by atoms with Gasteiger partial charge in [0, 0.05) is 0 Å². The molecular weight excluding hydrogens is 820 g/mol. The molecule has 6 aromatic carbocycles. The summed E-state index contributed by atoms with van der Waals surface area (Å²) in [4.78, 5) is 7.50. The van der Waals surface area contributed by atoms with Gasteiger partial charge in [-0.05, 0) is 0 Å². The molecule has 0 aliphatic carbocycles. The van der Waals surface area contributed by atoms with E-state index in [-0.39, 0.29) is 56.7 Å². The van der Waals surface area contributed by atoms with E-state index >= 15 is 0 Å². The van der Waals surface area contributed by atoms with E-state index in [4.69, 9.17) is 4.79 Å². The minimum absolute atomic E-state index is 0. The van der Waals surface area contributed by atoms with Crippen LogP contribution < -0.4 is 63.3 Å². The molecule has 0 amide bonds. The number of hydrogen-bond donors (Lipinski definition) is 0. The third kappa shape index (κ3) is 12.2. The molecule has 224 valence electrons. The van der Waals surface area contributed by atoms with Crippen LogP contribution in [0.15, 0.2) is 182 Å². The van der Waals surface area contributed by atoms with Crippen LogP contribution in [0.4, 0.5) is 0 Å². The van der Waals surface area contributed by atoms with Crippen LogP contribution in [0.5, 0.6) is 0 Å². The van der Waals surface area contributed by atoms with Crippen LogP contribution in [0.1, 0.15) is 0 Å². The average molecular weight is 850 g/mol. The van der Waals surface area contributed by atoms with Crippen LogP contribution in [0.2, 0.25) is 0 Å². The number of rotatable bonds is 6. The Kier molecular flexibility index (Phi) is 22.6. The third-order valence-corrected chi connectivity index (χ3v) is 16.3. The van der Waals surface area contributed by atoms with Crippen LogP contribution in [0, 0.1) is 0 Å². The molecule has 0 unspecified atom stereocenters. The molecule has 0 atom stereocenters. The van der Waals surface area contributed by atoms with Gasteiger partial charge in [0.05, 0.1) is 0 Å². The number of halogens is 3. The van der Waals surface area contributed by atoms with Gasteiger partial charge in [-0.15, -0.1) is 0 Å². The van der Waals surface area contributed by atoms with E-state index in [2.05, 4.69) is 189 Å². The van der Waals surface area contributed by atoms with Crippen molar-refractivity contribution < 1.29 is 61.5 Å². The van der Waals surface area contributed by atoms with Gasteiger partial charge in [-0.3, -0.25) is 4.79 Å². The van der Waals surface area contributed by atoms with Crippen molar-refractivity contribution in [3.8, 4) is 0 Å². The maximum atomic E-state index is 7.50. The van der Waals surface area contributed by atoms with Gasteiger partial charge in [0.25, 0.3) is 6.79 Å². The molecule has 0 bridgehead atoms. The molecule has 0 aliphatic heterocycles. The molecule has 0 aromatic heterocycles. The second-order valence-corrected chi connectivity index (χ2v) is 18.0. The third-order valence-electron chi connectivity index (χ3n) is 6.09. The Morgan fingerprint density at radius 3 is 0.500 bits per heavy atom. The first-order valence-corrected chi connectivity index (χ1v) is 18.6. The van der Waals surface area contributed by atoms with E-state index in [1.54, 1.807) is 0 Å². The van der Waals surface area contributed by atoms with Crippen molar-refractivity contribution in [1.29, 1.82) is 0 Å². The molecule has 7 heteroatoms. The predicted molar refractivity (Wildman–Crippen MR) is 174 cm³/mol. The van der Waals surface area contributed by atoms with Crippen LogP contribution >= 0.6 is 0 Å². The molecule has 0 N–H and O–H groups in total. The zero-order valence-corrected chi connectivity index (χ0v) is 31.3. The molecule has 1 nitrogen and oxygen atoms in total. The first-order chi connectivity index (χ1) is 19.9. The zero-order chi connectivity index (χ0) is 27.8. The molecule has 6 rings (SSSR count). The summed E-state index contributed by atoms with van der Waals surface area (Å²) in [6.07, 6.45) is 0. The fraction of sp³-hybridized carbons (Fsp3) is 0. The summed E-state index contributed by atoms with van der Waals surface area (Å²) in [5.74, 6) is 0. The zero-order valence-electron chi connectivity index (χ0n) is 23.6. The van der Waals surface area contributed by atoms with Gasteiger partial charge in [-0.1, -0.05) is 0 Å². The van der Waals surface area contributed by atoms with E-state index in [1.807, 2.05) is 0 Å². The van der Waals surface area contributed by atoms with Crippen molar-refractivity contribution in [1.82, 2.24) is 0 Å². The monoisotopic (exact) mass is 848 g/mol. The first-order valence-electron chi connectivity index (χ1n) is 13.0. The topological polar surface area (TPSA) is 17.1 Å². The van der Waals surface area contributed by atoms with Crippen LogP contribution in [0.3, 0.4) is 0 Å². The van der Waals surface area contributed by atoms with Gasteiger partial charge in [0.2, 0.25) is 0 Å². The molecule has 0 heterocycles. The Morgan fingerprint density at radius 1 is 0.273 bits per heavy atom. The predicted octanol–water partition coefficient (Wildman–Crippen LogP) is -4.98. The minimum atomic E-state index is -1.39. The van der Waals surface area contributed by atoms with Gasteiger partial charge in [0.1, 0.15) is 0 Å². The maximum absolute atomic E-state index is 7.50. The molecule has 2 radical (unpaired) electrons. The Hall–Kier alpha value is -2.40. The first kappa shape index (κ1) is 41.6. The Balaban J connectivity index is 0.000000733. The quantitative estimate of drug-likeness (QED) is 0.154. The molecule has 0 saturated heterocycles. The van der Waals surface area contributed by atoms with E-state index in [0.29, 0.717) is 0 Å². The van der Waals surface area contributed by atoms with Crippen LogP contribution in [-0.4, -0.2) is 36.1 Å². The van der Waals surface area contributed by atoms with E-state index in [0.717, 1.165) is 0 Å². The standard InChI is InChI=1S/2C18H15As.CO.3ClH.Rh/c2*1-4-10-16(11-5-1)19(17-12-6-2-7-13-17)18-14-8-3-9-15-18;1-2;;;;/h2*1-15H;;3*1H;/q;;;;;;+3/p-3. The normalized spacial score (nSPS) is 9.23. The summed E-state index contributed by atoms with van der Waals surface area (Å²) in [6, 6.07) is 65.4. The Labute approximate surface area is 303 Å². The molecule has 0 fully saturated rings. The van der Waals surface area contributed by atoms with Crippen LogP contribution in [0.25, 0.3) is 0 Å². The molecule has 0 spiro atoms. The SMILES string of the molecule is [C]=O.[Cl-].[Cl-].[Cl-].[Rh+3].c1ccc([As](c2ccccc2)c2ccccc2)cc1.c1ccc([As](c2ccccc2)c2ccccc2)cc1.